The van der Waals surface area contributed by atoms with Crippen molar-refractivity contribution in [1.82, 2.24) is 4.90 Å². The third-order valence-corrected chi connectivity index (χ3v) is 2.22. The monoisotopic (exact) mass is 202 g/mol. The van der Waals surface area contributed by atoms with Crippen LogP contribution >= 0.6 is 0 Å². The molecule has 0 aromatic rings. The number of likely N-dealkylation sites (tertiary alicyclic amines) is 1. The molecule has 1 aliphatic rings. The topological polar surface area (TPSA) is 66.6 Å². The second kappa shape index (κ2) is 7.76. The van der Waals surface area contributed by atoms with Crippen molar-refractivity contribution in [2.75, 3.05) is 19.6 Å². The molecule has 0 spiro atoms. The molecular weight excluding hydrogens is 180 g/mol. The van der Waals surface area contributed by atoms with Gasteiger partial charge in [0.1, 0.15) is 6.04 Å². The quantitative estimate of drug-likeness (QED) is 0.714. The van der Waals surface area contributed by atoms with E-state index in [2.05, 4.69) is 4.90 Å². The van der Waals surface area contributed by atoms with E-state index in [4.69, 9.17) is 10.8 Å². The van der Waals surface area contributed by atoms with Gasteiger partial charge in [0, 0.05) is 6.54 Å². The van der Waals surface area contributed by atoms with Gasteiger partial charge in [0.05, 0.1) is 0 Å². The van der Waals surface area contributed by atoms with Crippen LogP contribution in [0.25, 0.3) is 0 Å². The Labute approximate surface area is 86.1 Å². The lowest BCUT2D eigenvalue weighted by atomic mass is 10.1. The average Bonchev–Trinajstić information content (AvgIpc) is 2.22. The highest BCUT2D eigenvalue weighted by molar-refractivity contribution is 5.73. The number of hydrogen-bond donors (Lipinski definition) is 2. The molecule has 0 aromatic carbocycles. The van der Waals surface area contributed by atoms with Gasteiger partial charge in [0.25, 0.3) is 0 Å². The standard InChI is InChI=1S/C8H16N2O2.C2H6/c9-7(8(11)12)6-10-4-2-1-3-5-10;1-2/h7H,1-6,9H2,(H,11,12);1-2H3. The molecule has 0 amide bonds. The number of aliphatic carboxylic acids is 1. The molecule has 1 unspecified atom stereocenters. The smallest absolute Gasteiger partial charge is 0.321 e. The largest absolute Gasteiger partial charge is 0.480 e. The Bertz CT molecular complexity index is 156. The number of carboxylic acid groups (broad SMARTS) is 1. The molecular formula is C10H22N2O2. The molecule has 1 saturated heterocycles. The van der Waals surface area contributed by atoms with E-state index in [1.807, 2.05) is 13.8 Å². The molecule has 0 radical (unpaired) electrons. The van der Waals surface area contributed by atoms with Crippen molar-refractivity contribution < 1.29 is 9.90 Å². The summed E-state index contributed by atoms with van der Waals surface area (Å²) in [5.74, 6) is -0.902. The first kappa shape index (κ1) is 13.4. The Morgan fingerprint density at radius 3 is 2.29 bits per heavy atom. The molecule has 1 atom stereocenters. The van der Waals surface area contributed by atoms with Crippen molar-refractivity contribution in [3.63, 3.8) is 0 Å². The van der Waals surface area contributed by atoms with E-state index < -0.39 is 12.0 Å². The fraction of sp³-hybridized carbons (Fsp3) is 0.900. The van der Waals surface area contributed by atoms with Crippen molar-refractivity contribution in [2.24, 2.45) is 5.73 Å². The summed E-state index contributed by atoms with van der Waals surface area (Å²) >= 11 is 0. The molecule has 1 fully saturated rings. The second-order valence-electron chi connectivity index (χ2n) is 3.31. The first-order valence-corrected chi connectivity index (χ1v) is 5.41. The minimum atomic E-state index is -0.902. The molecule has 0 bridgehead atoms. The average molecular weight is 202 g/mol. The maximum absolute atomic E-state index is 10.4. The maximum atomic E-state index is 10.4. The van der Waals surface area contributed by atoms with Gasteiger partial charge < -0.3 is 15.7 Å². The summed E-state index contributed by atoms with van der Waals surface area (Å²) in [6.07, 6.45) is 3.61. The molecule has 0 saturated carbocycles. The number of carbonyl (C=O) groups is 1. The molecule has 4 heteroatoms. The summed E-state index contributed by atoms with van der Waals surface area (Å²) in [5, 5.41) is 8.56. The van der Waals surface area contributed by atoms with Gasteiger partial charge in [-0.2, -0.15) is 0 Å². The Morgan fingerprint density at radius 1 is 1.36 bits per heavy atom. The van der Waals surface area contributed by atoms with E-state index in [-0.39, 0.29) is 0 Å². The molecule has 14 heavy (non-hydrogen) atoms. The molecule has 0 aromatic heterocycles. The van der Waals surface area contributed by atoms with Crippen LogP contribution in [-0.2, 0) is 4.79 Å². The van der Waals surface area contributed by atoms with Crippen LogP contribution in [0.15, 0.2) is 0 Å². The van der Waals surface area contributed by atoms with E-state index in [0.717, 1.165) is 13.1 Å². The van der Waals surface area contributed by atoms with E-state index in [1.54, 1.807) is 0 Å². The lowest BCUT2D eigenvalue weighted by Crippen LogP contribution is -2.44. The van der Waals surface area contributed by atoms with E-state index in [9.17, 15) is 4.79 Å². The second-order valence-corrected chi connectivity index (χ2v) is 3.31. The van der Waals surface area contributed by atoms with Crippen LogP contribution in [0, 0.1) is 0 Å². The number of hydrogen-bond acceptors (Lipinski definition) is 3. The van der Waals surface area contributed by atoms with Crippen LogP contribution in [0.4, 0.5) is 0 Å². The van der Waals surface area contributed by atoms with E-state index >= 15 is 0 Å². The van der Waals surface area contributed by atoms with Gasteiger partial charge in [0.2, 0.25) is 0 Å². The van der Waals surface area contributed by atoms with Gasteiger partial charge in [-0.1, -0.05) is 20.3 Å². The molecule has 1 aliphatic heterocycles. The summed E-state index contributed by atoms with van der Waals surface area (Å²) in [6, 6.07) is -0.719. The van der Waals surface area contributed by atoms with Crippen LogP contribution in [0.3, 0.4) is 0 Å². The van der Waals surface area contributed by atoms with Gasteiger partial charge in [-0.25, -0.2) is 0 Å². The Balaban J connectivity index is 0.000000791. The van der Waals surface area contributed by atoms with Gasteiger partial charge in [-0.15, -0.1) is 0 Å². The molecule has 0 aliphatic carbocycles. The normalized spacial score (nSPS) is 19.4. The first-order valence-electron chi connectivity index (χ1n) is 5.41. The minimum absolute atomic E-state index is 0.495. The SMILES string of the molecule is CC.NC(CN1CCCCC1)C(=O)O. The van der Waals surface area contributed by atoms with Crippen molar-refractivity contribution in [1.29, 1.82) is 0 Å². The summed E-state index contributed by atoms with van der Waals surface area (Å²) < 4.78 is 0. The van der Waals surface area contributed by atoms with Gasteiger partial charge in [-0.3, -0.25) is 4.79 Å². The Morgan fingerprint density at radius 2 is 1.86 bits per heavy atom. The van der Waals surface area contributed by atoms with E-state index in [1.165, 1.54) is 19.3 Å². The lowest BCUT2D eigenvalue weighted by molar-refractivity contribution is -0.139. The molecule has 1 rings (SSSR count). The molecule has 3 N–H and O–H groups in total. The van der Waals surface area contributed by atoms with E-state index in [0.29, 0.717) is 6.54 Å². The number of nitrogens with zero attached hydrogens (tertiary/aromatic N) is 1. The van der Waals surface area contributed by atoms with Crippen LogP contribution in [0.2, 0.25) is 0 Å². The zero-order valence-corrected chi connectivity index (χ0v) is 9.20. The number of piperidine rings is 1. The zero-order valence-electron chi connectivity index (χ0n) is 9.20. The molecule has 1 heterocycles. The highest BCUT2D eigenvalue weighted by Crippen LogP contribution is 2.08. The Hall–Kier alpha value is -0.610. The fourth-order valence-electron chi connectivity index (χ4n) is 1.50. The highest BCUT2D eigenvalue weighted by atomic mass is 16.4. The van der Waals surface area contributed by atoms with Crippen molar-refractivity contribution >= 4 is 5.97 Å². The predicted molar refractivity (Wildman–Crippen MR) is 57.3 cm³/mol. The van der Waals surface area contributed by atoms with Crippen LogP contribution in [0.5, 0.6) is 0 Å². The fourth-order valence-corrected chi connectivity index (χ4v) is 1.50. The first-order chi connectivity index (χ1) is 6.70. The highest BCUT2D eigenvalue weighted by Gasteiger charge is 2.17. The van der Waals surface area contributed by atoms with Crippen LogP contribution < -0.4 is 5.73 Å². The summed E-state index contributed by atoms with van der Waals surface area (Å²) in [4.78, 5) is 12.5. The summed E-state index contributed by atoms with van der Waals surface area (Å²) in [6.45, 7) is 6.50. The predicted octanol–water partition coefficient (Wildman–Crippen LogP) is 0.910. The van der Waals surface area contributed by atoms with Crippen molar-refractivity contribution in [2.45, 2.75) is 39.2 Å². The van der Waals surface area contributed by atoms with Crippen LogP contribution in [-0.4, -0.2) is 41.7 Å². The van der Waals surface area contributed by atoms with Crippen LogP contribution in [0.1, 0.15) is 33.1 Å². The van der Waals surface area contributed by atoms with Gasteiger partial charge in [-0.05, 0) is 25.9 Å². The Kier molecular flexibility index (Phi) is 7.42. The molecule has 84 valence electrons. The van der Waals surface area contributed by atoms with Gasteiger partial charge in [0.15, 0.2) is 0 Å². The van der Waals surface area contributed by atoms with Crippen molar-refractivity contribution in [3.05, 3.63) is 0 Å². The zero-order chi connectivity index (χ0) is 11.0. The number of carboxylic acids is 1. The number of nitrogens with two attached hydrogens (primary N) is 1. The van der Waals surface area contributed by atoms with Crippen molar-refractivity contribution in [3.8, 4) is 0 Å². The molecule has 4 nitrogen and oxygen atoms in total. The summed E-state index contributed by atoms with van der Waals surface area (Å²) in [5.41, 5.74) is 5.41. The van der Waals surface area contributed by atoms with Gasteiger partial charge >= 0.3 is 5.97 Å². The lowest BCUT2D eigenvalue weighted by Gasteiger charge is -2.27. The number of rotatable bonds is 3. The third kappa shape index (κ3) is 5.19. The maximum Gasteiger partial charge on any atom is 0.321 e. The summed E-state index contributed by atoms with van der Waals surface area (Å²) in [7, 11) is 0. The third-order valence-electron chi connectivity index (χ3n) is 2.22. The minimum Gasteiger partial charge on any atom is -0.480 e.